The van der Waals surface area contributed by atoms with Crippen molar-refractivity contribution in [2.45, 2.75) is 24.8 Å². The minimum absolute atomic E-state index is 0.0433. The summed E-state index contributed by atoms with van der Waals surface area (Å²) in [4.78, 5) is 25.7. The third kappa shape index (κ3) is 3.87. The molecule has 0 saturated heterocycles. The first-order valence-electron chi connectivity index (χ1n) is 8.26. The maximum atomic E-state index is 13.0. The van der Waals surface area contributed by atoms with Crippen LogP contribution in [0.5, 0.6) is 0 Å². The van der Waals surface area contributed by atoms with Crippen LogP contribution in [0, 0.1) is 11.7 Å². The molecule has 0 aliphatic heterocycles. The van der Waals surface area contributed by atoms with E-state index in [2.05, 4.69) is 0 Å². The van der Waals surface area contributed by atoms with Gasteiger partial charge in [0, 0.05) is 19.4 Å². The van der Waals surface area contributed by atoms with E-state index in [9.17, 15) is 19.1 Å². The maximum absolute atomic E-state index is 13.0. The first-order chi connectivity index (χ1) is 12.0. The van der Waals surface area contributed by atoms with Crippen LogP contribution in [0.1, 0.15) is 23.5 Å². The topological polar surface area (TPSA) is 57.6 Å². The van der Waals surface area contributed by atoms with Crippen molar-refractivity contribution in [1.29, 1.82) is 0 Å². The number of carbonyl (C=O) groups excluding carboxylic acids is 1. The fourth-order valence-electron chi connectivity index (χ4n) is 3.19. The predicted molar refractivity (Wildman–Crippen MR) is 91.6 cm³/mol. The molecule has 0 radical (unpaired) electrons. The van der Waals surface area contributed by atoms with Crippen molar-refractivity contribution in [3.63, 3.8) is 0 Å². The zero-order chi connectivity index (χ0) is 18.0. The van der Waals surface area contributed by atoms with Crippen LogP contribution in [0.4, 0.5) is 4.39 Å². The van der Waals surface area contributed by atoms with E-state index >= 15 is 0 Å². The van der Waals surface area contributed by atoms with Crippen LogP contribution in [0.15, 0.2) is 54.6 Å². The summed E-state index contributed by atoms with van der Waals surface area (Å²) in [5, 5.41) is 9.53. The van der Waals surface area contributed by atoms with Gasteiger partial charge >= 0.3 is 5.97 Å². The molecular formula is C20H20FNO3. The van der Waals surface area contributed by atoms with Gasteiger partial charge in [-0.15, -0.1) is 0 Å². The first-order valence-corrected chi connectivity index (χ1v) is 8.26. The summed E-state index contributed by atoms with van der Waals surface area (Å²) in [6.07, 6.45) is 0.943. The number of nitrogens with zero attached hydrogens (tertiary/aromatic N) is 1. The van der Waals surface area contributed by atoms with Gasteiger partial charge in [-0.25, -0.2) is 9.18 Å². The monoisotopic (exact) mass is 341 g/mol. The standard InChI is InChI=1S/C20H20FNO3/c1-22(18(20(24)25)11-13-5-3-2-4-6-13)19(23)17-12-16(17)14-7-9-15(21)10-8-14/h2-10,16-18H,11-12H2,1H3,(H,24,25). The van der Waals surface area contributed by atoms with Crippen molar-refractivity contribution in [2.75, 3.05) is 7.05 Å². The number of carbonyl (C=O) groups is 2. The number of rotatable bonds is 6. The average Bonchev–Trinajstić information content (AvgIpc) is 3.40. The number of carboxylic acid groups (broad SMARTS) is 1. The van der Waals surface area contributed by atoms with Gasteiger partial charge in [0.05, 0.1) is 0 Å². The van der Waals surface area contributed by atoms with Crippen LogP contribution >= 0.6 is 0 Å². The van der Waals surface area contributed by atoms with Crippen molar-refractivity contribution in [1.82, 2.24) is 4.90 Å². The molecule has 130 valence electrons. The molecule has 3 unspecified atom stereocenters. The summed E-state index contributed by atoms with van der Waals surface area (Å²) in [6, 6.07) is 14.5. The lowest BCUT2D eigenvalue weighted by molar-refractivity contribution is -0.149. The van der Waals surface area contributed by atoms with E-state index in [1.165, 1.54) is 17.0 Å². The van der Waals surface area contributed by atoms with Gasteiger partial charge in [0.1, 0.15) is 11.9 Å². The molecule has 1 amide bonds. The largest absolute Gasteiger partial charge is 0.480 e. The number of amides is 1. The highest BCUT2D eigenvalue weighted by atomic mass is 19.1. The predicted octanol–water partition coefficient (Wildman–Crippen LogP) is 3.08. The Labute approximate surface area is 145 Å². The molecule has 0 aromatic heterocycles. The quantitative estimate of drug-likeness (QED) is 0.878. The van der Waals surface area contributed by atoms with E-state index in [0.717, 1.165) is 11.1 Å². The Balaban J connectivity index is 1.68. The molecule has 3 rings (SSSR count). The van der Waals surface area contributed by atoms with Crippen LogP contribution in [0.3, 0.4) is 0 Å². The number of hydrogen-bond acceptors (Lipinski definition) is 2. The van der Waals surface area contributed by atoms with Gasteiger partial charge in [0.2, 0.25) is 5.91 Å². The second kappa shape index (κ2) is 7.05. The number of halogens is 1. The average molecular weight is 341 g/mol. The normalized spacial score (nSPS) is 19.9. The molecule has 5 heteroatoms. The first kappa shape index (κ1) is 17.1. The Hall–Kier alpha value is -2.69. The molecule has 3 atom stereocenters. The summed E-state index contributed by atoms with van der Waals surface area (Å²) in [5.74, 6) is -1.68. The second-order valence-electron chi connectivity index (χ2n) is 6.49. The fourth-order valence-corrected chi connectivity index (χ4v) is 3.19. The third-order valence-corrected chi connectivity index (χ3v) is 4.78. The fraction of sp³-hybridized carbons (Fsp3) is 0.300. The number of carboxylic acids is 1. The van der Waals surface area contributed by atoms with Crippen molar-refractivity contribution in [3.05, 3.63) is 71.5 Å². The second-order valence-corrected chi connectivity index (χ2v) is 6.49. The molecule has 25 heavy (non-hydrogen) atoms. The zero-order valence-electron chi connectivity index (χ0n) is 13.9. The van der Waals surface area contributed by atoms with E-state index in [0.29, 0.717) is 6.42 Å². The molecule has 0 heterocycles. The third-order valence-electron chi connectivity index (χ3n) is 4.78. The highest BCUT2D eigenvalue weighted by Crippen LogP contribution is 2.48. The SMILES string of the molecule is CN(C(=O)C1CC1c1ccc(F)cc1)C(Cc1ccccc1)C(=O)O. The lowest BCUT2D eigenvalue weighted by Gasteiger charge is -2.25. The molecule has 0 spiro atoms. The molecule has 1 fully saturated rings. The molecule has 1 N–H and O–H groups in total. The molecule has 2 aromatic rings. The Morgan fingerprint density at radius 2 is 1.80 bits per heavy atom. The summed E-state index contributed by atoms with van der Waals surface area (Å²) < 4.78 is 13.0. The molecule has 4 nitrogen and oxygen atoms in total. The van der Waals surface area contributed by atoms with Crippen molar-refractivity contribution >= 4 is 11.9 Å². The number of benzene rings is 2. The van der Waals surface area contributed by atoms with Gasteiger partial charge in [0.25, 0.3) is 0 Å². The van der Waals surface area contributed by atoms with Crippen LogP contribution in [-0.4, -0.2) is 35.0 Å². The van der Waals surface area contributed by atoms with Gasteiger partial charge in [-0.2, -0.15) is 0 Å². The summed E-state index contributed by atoms with van der Waals surface area (Å²) in [6.45, 7) is 0. The van der Waals surface area contributed by atoms with Gasteiger partial charge < -0.3 is 10.0 Å². The van der Waals surface area contributed by atoms with Crippen molar-refractivity contribution in [2.24, 2.45) is 5.92 Å². The number of aliphatic carboxylic acids is 1. The minimum Gasteiger partial charge on any atom is -0.480 e. The van der Waals surface area contributed by atoms with E-state index in [-0.39, 0.29) is 30.0 Å². The lowest BCUT2D eigenvalue weighted by atomic mass is 10.0. The van der Waals surface area contributed by atoms with E-state index in [4.69, 9.17) is 0 Å². The molecule has 1 aliphatic rings. The van der Waals surface area contributed by atoms with Crippen LogP contribution in [0.25, 0.3) is 0 Å². The van der Waals surface area contributed by atoms with Crippen molar-refractivity contribution < 1.29 is 19.1 Å². The Morgan fingerprint density at radius 3 is 2.40 bits per heavy atom. The van der Waals surface area contributed by atoms with Crippen LogP contribution < -0.4 is 0 Å². The number of likely N-dealkylation sites (N-methyl/N-ethyl adjacent to an activating group) is 1. The zero-order valence-corrected chi connectivity index (χ0v) is 13.9. The number of hydrogen-bond donors (Lipinski definition) is 1. The van der Waals surface area contributed by atoms with E-state index < -0.39 is 12.0 Å². The Bertz CT molecular complexity index is 760. The van der Waals surface area contributed by atoms with Crippen LogP contribution in [-0.2, 0) is 16.0 Å². The Kier molecular flexibility index (Phi) is 4.83. The molecule has 1 aliphatic carbocycles. The van der Waals surface area contributed by atoms with Crippen LogP contribution in [0.2, 0.25) is 0 Å². The molecular weight excluding hydrogens is 321 g/mol. The highest BCUT2D eigenvalue weighted by molar-refractivity contribution is 5.87. The lowest BCUT2D eigenvalue weighted by Crippen LogP contribution is -2.44. The van der Waals surface area contributed by atoms with Gasteiger partial charge in [-0.3, -0.25) is 4.79 Å². The van der Waals surface area contributed by atoms with E-state index in [1.54, 1.807) is 19.2 Å². The smallest absolute Gasteiger partial charge is 0.326 e. The van der Waals surface area contributed by atoms with Gasteiger partial charge in [-0.05, 0) is 35.6 Å². The highest BCUT2D eigenvalue weighted by Gasteiger charge is 2.46. The maximum Gasteiger partial charge on any atom is 0.326 e. The van der Waals surface area contributed by atoms with E-state index in [1.807, 2.05) is 30.3 Å². The summed E-state index contributed by atoms with van der Waals surface area (Å²) in [7, 11) is 1.55. The van der Waals surface area contributed by atoms with Gasteiger partial charge in [-0.1, -0.05) is 42.5 Å². The van der Waals surface area contributed by atoms with Crippen molar-refractivity contribution in [3.8, 4) is 0 Å². The minimum atomic E-state index is -1.02. The summed E-state index contributed by atoms with van der Waals surface area (Å²) >= 11 is 0. The molecule has 2 aromatic carbocycles. The molecule has 1 saturated carbocycles. The van der Waals surface area contributed by atoms with Gasteiger partial charge in [0.15, 0.2) is 0 Å². The Morgan fingerprint density at radius 1 is 1.16 bits per heavy atom. The summed E-state index contributed by atoms with van der Waals surface area (Å²) in [5.41, 5.74) is 1.79. The molecule has 0 bridgehead atoms.